The number of fused-ring (bicyclic) bond motifs is 3. The van der Waals surface area contributed by atoms with Crippen molar-refractivity contribution in [2.45, 2.75) is 102 Å². The maximum atomic E-state index is 15.4. The summed E-state index contributed by atoms with van der Waals surface area (Å²) in [6.45, 7) is 7.58. The lowest BCUT2D eigenvalue weighted by molar-refractivity contribution is -0.144. The van der Waals surface area contributed by atoms with Gasteiger partial charge in [-0.2, -0.15) is 27.1 Å². The molecule has 9 nitrogen and oxygen atoms in total. The molecule has 1 aromatic carbocycles. The molecule has 4 atom stereocenters. The molecule has 0 spiro atoms. The largest absolute Gasteiger partial charge is 0.444 e. The number of pyridine rings is 1. The van der Waals surface area contributed by atoms with Crippen molar-refractivity contribution in [3.63, 3.8) is 0 Å². The van der Waals surface area contributed by atoms with Crippen LogP contribution >= 0.6 is 15.9 Å². The first-order valence-electron chi connectivity index (χ1n) is 16.7. The van der Waals surface area contributed by atoms with Crippen molar-refractivity contribution in [3.05, 3.63) is 80.3 Å². The number of aromatic nitrogens is 3. The summed E-state index contributed by atoms with van der Waals surface area (Å²) in [7, 11) is 0. The number of nitrogens with one attached hydrogen (secondary N) is 1. The van der Waals surface area contributed by atoms with Crippen molar-refractivity contribution in [2.24, 2.45) is 5.92 Å². The lowest BCUT2D eigenvalue weighted by Gasteiger charge is -2.34. The van der Waals surface area contributed by atoms with Crippen LogP contribution in [0.4, 0.5) is 35.5 Å². The van der Waals surface area contributed by atoms with Gasteiger partial charge in [0.25, 0.3) is 5.92 Å². The van der Waals surface area contributed by atoms with Crippen LogP contribution in [0.3, 0.4) is 0 Å². The number of nitrogens with zero attached hydrogens (tertiary/aromatic N) is 4. The quantitative estimate of drug-likeness (QED) is 0.202. The van der Waals surface area contributed by atoms with Crippen LogP contribution in [0.5, 0.6) is 0 Å². The van der Waals surface area contributed by atoms with E-state index in [2.05, 4.69) is 43.2 Å². The van der Waals surface area contributed by atoms with Gasteiger partial charge in [0.2, 0.25) is 5.91 Å². The Morgan fingerprint density at radius 2 is 1.79 bits per heavy atom. The van der Waals surface area contributed by atoms with E-state index in [-0.39, 0.29) is 42.8 Å². The Morgan fingerprint density at radius 3 is 2.40 bits per heavy atom. The second kappa shape index (κ2) is 13.6. The average molecular weight is 815 g/mol. The van der Waals surface area contributed by atoms with E-state index in [1.807, 2.05) is 0 Å². The molecule has 1 N–H and O–H groups in total. The van der Waals surface area contributed by atoms with Crippen LogP contribution in [0.15, 0.2) is 34.8 Å². The Balaban J connectivity index is 1.32. The zero-order chi connectivity index (χ0) is 38.8. The van der Waals surface area contributed by atoms with Gasteiger partial charge in [0.05, 0.1) is 18.3 Å². The third-order valence-corrected chi connectivity index (χ3v) is 9.99. The number of benzene rings is 1. The molecule has 2 aliphatic carbocycles. The molecular weight excluding hydrogens is 779 g/mol. The Bertz CT molecular complexity index is 2000. The minimum atomic E-state index is -5.03. The fourth-order valence-corrected chi connectivity index (χ4v) is 7.51. The maximum Gasteiger partial charge on any atom is 0.435 e. The molecule has 2 aromatic heterocycles. The molecule has 17 heteroatoms. The van der Waals surface area contributed by atoms with Gasteiger partial charge in [0, 0.05) is 22.0 Å². The summed E-state index contributed by atoms with van der Waals surface area (Å²) in [6.07, 6.45) is -5.78. The highest BCUT2D eigenvalue weighted by molar-refractivity contribution is 9.10. The minimum Gasteiger partial charge on any atom is -0.444 e. The van der Waals surface area contributed by atoms with Crippen molar-refractivity contribution in [3.8, 4) is 11.8 Å². The third-order valence-electron chi connectivity index (χ3n) is 9.32. The zero-order valence-electron chi connectivity index (χ0n) is 29.2. The summed E-state index contributed by atoms with van der Waals surface area (Å²) in [4.78, 5) is 32.5. The number of carbonyl (C=O) groups is 2. The number of rotatable bonds is 6. The molecule has 3 heterocycles. The lowest BCUT2D eigenvalue weighted by Crippen LogP contribution is -2.49. The molecular formula is C36H35BrF7N5O4. The molecule has 3 aliphatic rings. The highest BCUT2D eigenvalue weighted by atomic mass is 79.9. The number of amides is 2. The number of hydrogen-bond acceptors (Lipinski definition) is 6. The summed E-state index contributed by atoms with van der Waals surface area (Å²) >= 11 is 3.38. The van der Waals surface area contributed by atoms with E-state index < -0.39 is 94.5 Å². The molecule has 0 bridgehead atoms. The smallest absolute Gasteiger partial charge is 0.435 e. The van der Waals surface area contributed by atoms with E-state index in [4.69, 9.17) is 9.47 Å². The Morgan fingerprint density at radius 1 is 1.11 bits per heavy atom. The molecule has 1 aliphatic heterocycles. The summed E-state index contributed by atoms with van der Waals surface area (Å²) in [5.41, 5.74) is -4.48. The number of carbonyl (C=O) groups excluding carboxylic acids is 2. The highest BCUT2D eigenvalue weighted by Gasteiger charge is 2.63. The van der Waals surface area contributed by atoms with Gasteiger partial charge in [-0.15, -0.1) is 0 Å². The molecule has 3 aromatic rings. The van der Waals surface area contributed by atoms with Crippen molar-refractivity contribution in [1.82, 2.24) is 25.0 Å². The number of halogens is 8. The number of alkyl halides is 5. The van der Waals surface area contributed by atoms with Gasteiger partial charge < -0.3 is 14.8 Å². The molecule has 0 radical (unpaired) electrons. The lowest BCUT2D eigenvalue weighted by atomic mass is 9.73. The van der Waals surface area contributed by atoms with Crippen molar-refractivity contribution >= 4 is 27.9 Å². The van der Waals surface area contributed by atoms with Gasteiger partial charge in [-0.1, -0.05) is 5.92 Å². The summed E-state index contributed by atoms with van der Waals surface area (Å²) in [6, 6.07) is 3.84. The maximum absolute atomic E-state index is 15.4. The molecule has 53 heavy (non-hydrogen) atoms. The van der Waals surface area contributed by atoms with Crippen LogP contribution in [-0.2, 0) is 39.3 Å². The first-order chi connectivity index (χ1) is 24.5. The summed E-state index contributed by atoms with van der Waals surface area (Å²) < 4.78 is 113. The Kier molecular flexibility index (Phi) is 9.89. The Labute approximate surface area is 308 Å². The van der Waals surface area contributed by atoms with Crippen molar-refractivity contribution in [1.29, 1.82) is 0 Å². The Hall–Kier alpha value is -4.17. The first-order valence-corrected chi connectivity index (χ1v) is 17.5. The van der Waals surface area contributed by atoms with Crippen LogP contribution in [0, 0.1) is 29.4 Å². The standard InChI is InChI=1S/C36H35BrF7N5O4/c1-33(2,3)53-32(51)49-22(17-52-34(49,4)5)8-6-21-7-11-25(37)29(45-21)26(14-18-12-19(38)15-20(39)13-18)46-27(50)16-48-31-28(30(47-48)36(42,43)44)23-9-10-24(23)35(31,40)41/h7,11-13,15,22-24,26H,9-10,14,16-17H2,1-5H3,(H,46,50). The zero-order valence-corrected chi connectivity index (χ0v) is 30.8. The van der Waals surface area contributed by atoms with Crippen LogP contribution in [0.25, 0.3) is 0 Å². The van der Waals surface area contributed by atoms with Gasteiger partial charge in [0.1, 0.15) is 46.9 Å². The predicted octanol–water partition coefficient (Wildman–Crippen LogP) is 7.76. The van der Waals surface area contributed by atoms with E-state index in [0.29, 0.717) is 15.2 Å². The highest BCUT2D eigenvalue weighted by Crippen LogP contribution is 2.64. The van der Waals surface area contributed by atoms with Crippen LogP contribution in [0.1, 0.15) is 93.3 Å². The molecule has 1 saturated heterocycles. The molecule has 4 unspecified atom stereocenters. The topological polar surface area (TPSA) is 98.6 Å². The van der Waals surface area contributed by atoms with Crippen LogP contribution in [0.2, 0.25) is 0 Å². The normalized spacial score (nSPS) is 21.9. The average Bonchev–Trinajstić information content (AvgIpc) is 3.55. The second-order valence-electron chi connectivity index (χ2n) is 14.7. The first kappa shape index (κ1) is 38.6. The molecule has 6 rings (SSSR count). The van der Waals surface area contributed by atoms with Crippen molar-refractivity contribution in [2.75, 3.05) is 6.61 Å². The monoisotopic (exact) mass is 813 g/mol. The van der Waals surface area contributed by atoms with E-state index in [9.17, 15) is 31.5 Å². The molecule has 2 amide bonds. The molecule has 1 saturated carbocycles. The molecule has 2 fully saturated rings. The fourth-order valence-electron chi connectivity index (χ4n) is 7.01. The summed E-state index contributed by atoms with van der Waals surface area (Å²) in [5, 5.41) is 6.04. The molecule has 284 valence electrons. The van der Waals surface area contributed by atoms with Gasteiger partial charge in [-0.3, -0.25) is 14.4 Å². The minimum absolute atomic E-state index is 0.0333. The second-order valence-corrected chi connectivity index (χ2v) is 15.6. The number of hydrogen-bond donors (Lipinski definition) is 1. The van der Waals surface area contributed by atoms with E-state index in [1.165, 1.54) is 11.0 Å². The van der Waals surface area contributed by atoms with Gasteiger partial charge >= 0.3 is 12.3 Å². The predicted molar refractivity (Wildman–Crippen MR) is 178 cm³/mol. The fraction of sp³-hybridized carbons (Fsp3) is 0.500. The van der Waals surface area contributed by atoms with Gasteiger partial charge in [-0.05, 0) is 111 Å². The van der Waals surface area contributed by atoms with E-state index in [0.717, 1.165) is 12.1 Å². The number of ether oxygens (including phenoxy) is 2. The van der Waals surface area contributed by atoms with Crippen LogP contribution in [-0.4, -0.2) is 55.6 Å². The van der Waals surface area contributed by atoms with E-state index in [1.54, 1.807) is 40.7 Å². The van der Waals surface area contributed by atoms with Crippen LogP contribution < -0.4 is 5.32 Å². The van der Waals surface area contributed by atoms with Crippen molar-refractivity contribution < 1.29 is 49.8 Å². The van der Waals surface area contributed by atoms with Gasteiger partial charge in [-0.25, -0.2) is 18.6 Å². The van der Waals surface area contributed by atoms with Gasteiger partial charge in [0.15, 0.2) is 5.69 Å². The third kappa shape index (κ3) is 7.75. The van der Waals surface area contributed by atoms with E-state index >= 15 is 8.78 Å². The summed E-state index contributed by atoms with van der Waals surface area (Å²) in [5.74, 6) is -2.94. The SMILES string of the molecule is CC(C)(C)OC(=O)N1C(C#Cc2ccc(Br)c(C(Cc3cc(F)cc(F)c3)NC(=O)Cn3nc(C(F)(F)F)c4c3C(F)(F)C3CCC43)n2)COC1(C)C.